The maximum atomic E-state index is 13.9. The minimum Gasteiger partial charge on any atom is -0.371 e. The number of anilines is 1. The minimum atomic E-state index is -2.51. The number of likely N-dealkylation sites (tertiary alicyclic amines) is 1. The first-order valence-corrected chi connectivity index (χ1v) is 14.0. The lowest BCUT2D eigenvalue weighted by Gasteiger charge is -2.43. The molecule has 6 heteroatoms. The van der Waals surface area contributed by atoms with Crippen molar-refractivity contribution in [3.8, 4) is 6.07 Å². The van der Waals surface area contributed by atoms with Crippen molar-refractivity contribution in [2.24, 2.45) is 0 Å². The van der Waals surface area contributed by atoms with Gasteiger partial charge in [0.1, 0.15) is 0 Å². The summed E-state index contributed by atoms with van der Waals surface area (Å²) in [6.45, 7) is 9.35. The van der Waals surface area contributed by atoms with Gasteiger partial charge in [0, 0.05) is 67.3 Å². The van der Waals surface area contributed by atoms with E-state index in [-0.39, 0.29) is 24.0 Å². The Balaban J connectivity index is 1.28. The van der Waals surface area contributed by atoms with Crippen LogP contribution in [0.2, 0.25) is 0 Å². The average Bonchev–Trinajstić information content (AvgIpc) is 3.31. The van der Waals surface area contributed by atoms with Crippen LogP contribution in [0.1, 0.15) is 84.6 Å². The van der Waals surface area contributed by atoms with Crippen molar-refractivity contribution in [3.05, 3.63) is 69.3 Å². The zero-order valence-electron chi connectivity index (χ0n) is 22.5. The van der Waals surface area contributed by atoms with Crippen molar-refractivity contribution >= 4 is 17.0 Å². The predicted octanol–water partition coefficient (Wildman–Crippen LogP) is 6.30. The summed E-state index contributed by atoms with van der Waals surface area (Å²) in [6.07, 6.45) is 3.43. The summed E-state index contributed by atoms with van der Waals surface area (Å²) in [7, 11) is 0. The summed E-state index contributed by atoms with van der Waals surface area (Å²) in [4.78, 5) is 18.6. The number of piperidine rings is 2. The lowest BCUT2D eigenvalue weighted by atomic mass is 9.68. The van der Waals surface area contributed by atoms with Gasteiger partial charge in [0.2, 0.25) is 0 Å². The maximum absolute atomic E-state index is 13.9. The van der Waals surface area contributed by atoms with Gasteiger partial charge in [-0.1, -0.05) is 26.8 Å². The number of hydrogen-bond donors (Lipinski definition) is 0. The second kappa shape index (κ2) is 9.02. The first-order valence-electron chi connectivity index (χ1n) is 14.0. The summed E-state index contributed by atoms with van der Waals surface area (Å²) in [5.41, 5.74) is 8.62. The van der Waals surface area contributed by atoms with Gasteiger partial charge in [-0.25, -0.2) is 8.78 Å². The molecule has 4 nitrogen and oxygen atoms in total. The van der Waals surface area contributed by atoms with Crippen LogP contribution in [0.3, 0.4) is 0 Å². The number of Topliss-reactive ketones (excluding diaryl/α,β-unsaturated/α-hetero) is 1. The molecule has 0 unspecified atom stereocenters. The van der Waals surface area contributed by atoms with E-state index in [2.05, 4.69) is 48.8 Å². The SMILES string of the molecule is CCc1cc2c(cc1N1CCC(N3CCC(F)(F)CC3)CC1)C(C)(C)C1=C(C2=O)c2ccc(C#N)cc2C1. The van der Waals surface area contributed by atoms with Gasteiger partial charge >= 0.3 is 0 Å². The van der Waals surface area contributed by atoms with Crippen LogP contribution in [0.4, 0.5) is 14.5 Å². The highest BCUT2D eigenvalue weighted by Gasteiger charge is 2.44. The number of rotatable bonds is 3. The van der Waals surface area contributed by atoms with Gasteiger partial charge < -0.3 is 4.90 Å². The Morgan fingerprint density at radius 1 is 1.03 bits per heavy atom. The van der Waals surface area contributed by atoms with E-state index in [1.807, 2.05) is 18.2 Å². The Morgan fingerprint density at radius 3 is 2.39 bits per heavy atom. The average molecular weight is 516 g/mol. The molecule has 198 valence electrons. The van der Waals surface area contributed by atoms with Crippen LogP contribution < -0.4 is 4.90 Å². The fourth-order valence-electron chi connectivity index (χ4n) is 7.19. The largest absolute Gasteiger partial charge is 0.371 e. The molecule has 0 spiro atoms. The molecule has 0 bridgehead atoms. The topological polar surface area (TPSA) is 47.3 Å². The number of nitriles is 1. The summed E-state index contributed by atoms with van der Waals surface area (Å²) >= 11 is 0. The molecule has 2 saturated heterocycles. The standard InChI is InChI=1S/C32H35F2N3O/c1-4-21-16-25-26(18-28(21)37-11-7-23(8-12-37)36-13-9-32(33,34)10-14-36)31(2,3)27-17-22-15-20(19-35)5-6-24(22)29(27)30(25)38/h5-6,15-16,18,23H,4,7-14,17H2,1-3H3. The molecule has 6 rings (SSSR count). The van der Waals surface area contributed by atoms with Crippen LogP contribution in [-0.2, 0) is 18.3 Å². The number of allylic oxidation sites excluding steroid dienone is 2. The number of alkyl halides is 2. The number of nitrogens with zero attached hydrogens (tertiary/aromatic N) is 3. The van der Waals surface area contributed by atoms with Gasteiger partial charge in [-0.2, -0.15) is 5.26 Å². The van der Waals surface area contributed by atoms with E-state index in [0.717, 1.165) is 65.8 Å². The summed E-state index contributed by atoms with van der Waals surface area (Å²) in [5.74, 6) is -2.41. The molecule has 2 aromatic carbocycles. The van der Waals surface area contributed by atoms with E-state index >= 15 is 0 Å². The molecule has 4 aliphatic rings. The van der Waals surface area contributed by atoms with Crippen LogP contribution in [-0.4, -0.2) is 48.8 Å². The Bertz CT molecular complexity index is 1380. The summed E-state index contributed by atoms with van der Waals surface area (Å²) in [5, 5.41) is 9.38. The van der Waals surface area contributed by atoms with Gasteiger partial charge in [-0.3, -0.25) is 9.69 Å². The van der Waals surface area contributed by atoms with E-state index in [1.165, 1.54) is 11.3 Å². The predicted molar refractivity (Wildman–Crippen MR) is 146 cm³/mol. The number of carbonyl (C=O) groups excluding carboxylic acids is 1. The summed E-state index contributed by atoms with van der Waals surface area (Å²) in [6, 6.07) is 12.7. The van der Waals surface area contributed by atoms with Crippen LogP contribution in [0.5, 0.6) is 0 Å². The molecule has 2 aliphatic carbocycles. The molecule has 2 aliphatic heterocycles. The van der Waals surface area contributed by atoms with Crippen molar-refractivity contribution in [3.63, 3.8) is 0 Å². The molecule has 0 saturated carbocycles. The van der Waals surface area contributed by atoms with Crippen molar-refractivity contribution < 1.29 is 13.6 Å². The van der Waals surface area contributed by atoms with Crippen LogP contribution in [0.25, 0.3) is 5.57 Å². The third-order valence-corrected chi connectivity index (χ3v) is 9.52. The molecule has 0 atom stereocenters. The van der Waals surface area contributed by atoms with Gasteiger partial charge in [-0.15, -0.1) is 0 Å². The Labute approximate surface area is 223 Å². The zero-order chi connectivity index (χ0) is 26.8. The van der Waals surface area contributed by atoms with Crippen molar-refractivity contribution in [1.82, 2.24) is 4.90 Å². The molecule has 0 amide bonds. The van der Waals surface area contributed by atoms with Gasteiger partial charge in [0.05, 0.1) is 11.6 Å². The Morgan fingerprint density at radius 2 is 1.74 bits per heavy atom. The van der Waals surface area contributed by atoms with Gasteiger partial charge in [0.25, 0.3) is 5.92 Å². The molecule has 38 heavy (non-hydrogen) atoms. The normalized spacial score (nSPS) is 22.6. The minimum absolute atomic E-state index is 0.0271. The third-order valence-electron chi connectivity index (χ3n) is 9.52. The number of fused-ring (bicyclic) bond motifs is 3. The lowest BCUT2D eigenvalue weighted by Crippen LogP contribution is -2.49. The van der Waals surface area contributed by atoms with Crippen molar-refractivity contribution in [2.75, 3.05) is 31.1 Å². The van der Waals surface area contributed by atoms with Gasteiger partial charge in [0.15, 0.2) is 5.78 Å². The highest BCUT2D eigenvalue weighted by molar-refractivity contribution is 6.33. The van der Waals surface area contributed by atoms with E-state index in [0.29, 0.717) is 31.1 Å². The smallest absolute Gasteiger partial charge is 0.250 e. The highest BCUT2D eigenvalue weighted by atomic mass is 19.3. The quantitative estimate of drug-likeness (QED) is 0.481. The van der Waals surface area contributed by atoms with E-state index in [1.54, 1.807) is 0 Å². The first-order chi connectivity index (χ1) is 18.1. The van der Waals surface area contributed by atoms with E-state index in [9.17, 15) is 18.8 Å². The number of halogens is 2. The molecular weight excluding hydrogens is 480 g/mol. The lowest BCUT2D eigenvalue weighted by molar-refractivity contribution is -0.0646. The van der Waals surface area contributed by atoms with Crippen molar-refractivity contribution in [2.45, 2.75) is 76.7 Å². The molecule has 0 aromatic heterocycles. The number of aryl methyl sites for hydroxylation is 1. The fraction of sp³-hybridized carbons (Fsp3) is 0.500. The first kappa shape index (κ1) is 25.2. The zero-order valence-corrected chi connectivity index (χ0v) is 22.5. The third kappa shape index (κ3) is 3.98. The Kier molecular flexibility index (Phi) is 5.99. The number of benzene rings is 2. The van der Waals surface area contributed by atoms with Crippen LogP contribution in [0.15, 0.2) is 35.9 Å². The molecule has 2 aromatic rings. The molecule has 2 fully saturated rings. The van der Waals surface area contributed by atoms with Gasteiger partial charge in [-0.05, 0) is 77.8 Å². The molecule has 2 heterocycles. The number of ketones is 1. The van der Waals surface area contributed by atoms with E-state index < -0.39 is 5.92 Å². The monoisotopic (exact) mass is 515 g/mol. The second-order valence-electron chi connectivity index (χ2n) is 12.0. The number of hydrogen-bond acceptors (Lipinski definition) is 4. The fourth-order valence-corrected chi connectivity index (χ4v) is 7.19. The summed E-state index contributed by atoms with van der Waals surface area (Å²) < 4.78 is 27.3. The molecule has 0 N–H and O–H groups in total. The van der Waals surface area contributed by atoms with E-state index in [4.69, 9.17) is 0 Å². The molecule has 0 radical (unpaired) electrons. The molecular formula is C32H35F2N3O. The van der Waals surface area contributed by atoms with Crippen LogP contribution in [0, 0.1) is 11.3 Å². The maximum Gasteiger partial charge on any atom is 0.250 e. The van der Waals surface area contributed by atoms with Crippen LogP contribution >= 0.6 is 0 Å². The number of carbonyl (C=O) groups is 1. The second-order valence-corrected chi connectivity index (χ2v) is 12.0. The highest BCUT2D eigenvalue weighted by Crippen LogP contribution is 2.51. The van der Waals surface area contributed by atoms with Crippen molar-refractivity contribution in [1.29, 1.82) is 5.26 Å². The Hall–Kier alpha value is -3.04.